The summed E-state index contributed by atoms with van der Waals surface area (Å²) in [7, 11) is 4.16. The lowest BCUT2D eigenvalue weighted by Gasteiger charge is -2.12. The minimum Gasteiger partial charge on any atom is -0.381 e. The summed E-state index contributed by atoms with van der Waals surface area (Å²) in [5.74, 6) is 0. The Balaban J connectivity index is 1.97. The van der Waals surface area contributed by atoms with Crippen molar-refractivity contribution in [2.24, 2.45) is 0 Å². The largest absolute Gasteiger partial charge is 0.381 e. The Labute approximate surface area is 108 Å². The number of hydrogen-bond acceptors (Lipinski definition) is 3. The number of anilines is 1. The van der Waals surface area contributed by atoms with Crippen LogP contribution in [0.1, 0.15) is 11.1 Å². The number of hydrogen-bond donors (Lipinski definition) is 1. The number of benzene rings is 1. The zero-order valence-corrected chi connectivity index (χ0v) is 10.9. The molecule has 1 aromatic heterocycles. The molecule has 0 aliphatic carbocycles. The van der Waals surface area contributed by atoms with E-state index < -0.39 is 0 Å². The van der Waals surface area contributed by atoms with Crippen LogP contribution in [0.3, 0.4) is 0 Å². The van der Waals surface area contributed by atoms with Crippen LogP contribution in [-0.4, -0.2) is 24.0 Å². The second-order valence-electron chi connectivity index (χ2n) is 4.65. The summed E-state index contributed by atoms with van der Waals surface area (Å²) in [5.41, 5.74) is 3.72. The normalized spacial score (nSPS) is 10.6. The number of pyridine rings is 1. The van der Waals surface area contributed by atoms with Crippen molar-refractivity contribution in [2.75, 3.05) is 19.4 Å². The minimum atomic E-state index is 0.827. The average molecular weight is 241 g/mol. The van der Waals surface area contributed by atoms with Crippen LogP contribution in [0.4, 0.5) is 5.69 Å². The summed E-state index contributed by atoms with van der Waals surface area (Å²) in [6.07, 6.45) is 3.64. The van der Waals surface area contributed by atoms with Gasteiger partial charge in [0, 0.05) is 31.2 Å². The molecule has 3 nitrogen and oxygen atoms in total. The molecule has 0 atom stereocenters. The molecular weight excluding hydrogens is 222 g/mol. The highest BCUT2D eigenvalue weighted by atomic mass is 15.0. The maximum Gasteiger partial charge on any atom is 0.0401 e. The molecule has 1 heterocycles. The van der Waals surface area contributed by atoms with Gasteiger partial charge in [-0.05, 0) is 49.5 Å². The van der Waals surface area contributed by atoms with Crippen molar-refractivity contribution in [1.82, 2.24) is 9.88 Å². The molecule has 0 unspecified atom stereocenters. The van der Waals surface area contributed by atoms with Gasteiger partial charge in [0.25, 0.3) is 0 Å². The molecule has 0 bridgehead atoms. The van der Waals surface area contributed by atoms with Gasteiger partial charge in [-0.2, -0.15) is 0 Å². The minimum absolute atomic E-state index is 0.827. The van der Waals surface area contributed by atoms with Crippen LogP contribution >= 0.6 is 0 Å². The summed E-state index contributed by atoms with van der Waals surface area (Å²) >= 11 is 0. The van der Waals surface area contributed by atoms with E-state index in [2.05, 4.69) is 53.6 Å². The van der Waals surface area contributed by atoms with Crippen molar-refractivity contribution in [1.29, 1.82) is 0 Å². The smallest absolute Gasteiger partial charge is 0.0401 e. The third-order valence-corrected chi connectivity index (χ3v) is 2.67. The maximum atomic E-state index is 4.01. The van der Waals surface area contributed by atoms with Crippen molar-refractivity contribution in [3.63, 3.8) is 0 Å². The first-order valence-corrected chi connectivity index (χ1v) is 6.10. The first-order valence-electron chi connectivity index (χ1n) is 6.10. The first kappa shape index (κ1) is 12.6. The van der Waals surface area contributed by atoms with Crippen LogP contribution in [-0.2, 0) is 13.1 Å². The van der Waals surface area contributed by atoms with Gasteiger partial charge in [-0.3, -0.25) is 4.98 Å². The van der Waals surface area contributed by atoms with Gasteiger partial charge < -0.3 is 10.2 Å². The Hall–Kier alpha value is -1.87. The van der Waals surface area contributed by atoms with Crippen LogP contribution in [0.5, 0.6) is 0 Å². The number of aromatic nitrogens is 1. The van der Waals surface area contributed by atoms with Gasteiger partial charge in [-0.25, -0.2) is 0 Å². The molecule has 0 fully saturated rings. The molecule has 18 heavy (non-hydrogen) atoms. The molecule has 94 valence electrons. The van der Waals surface area contributed by atoms with Crippen molar-refractivity contribution >= 4 is 5.69 Å². The van der Waals surface area contributed by atoms with Gasteiger partial charge in [-0.15, -0.1) is 0 Å². The highest BCUT2D eigenvalue weighted by molar-refractivity contribution is 5.46. The van der Waals surface area contributed by atoms with Crippen LogP contribution in [0.15, 0.2) is 48.8 Å². The molecule has 0 radical (unpaired) electrons. The topological polar surface area (TPSA) is 28.2 Å². The monoisotopic (exact) mass is 241 g/mol. The van der Waals surface area contributed by atoms with Crippen molar-refractivity contribution in [3.05, 3.63) is 59.9 Å². The van der Waals surface area contributed by atoms with Crippen LogP contribution < -0.4 is 5.32 Å². The number of rotatable bonds is 5. The molecule has 2 aromatic rings. The predicted octanol–water partition coefficient (Wildman–Crippen LogP) is 2.76. The molecule has 0 saturated carbocycles. The summed E-state index contributed by atoms with van der Waals surface area (Å²) in [4.78, 5) is 6.18. The van der Waals surface area contributed by atoms with E-state index in [0.717, 1.165) is 18.8 Å². The van der Waals surface area contributed by atoms with Crippen molar-refractivity contribution in [2.45, 2.75) is 13.1 Å². The van der Waals surface area contributed by atoms with E-state index in [0.29, 0.717) is 0 Å². The standard InChI is InChI=1S/C15H19N3/c1-18(2)12-14-4-3-5-15(10-14)17-11-13-6-8-16-9-7-13/h3-10,17H,11-12H2,1-2H3. The van der Waals surface area contributed by atoms with Gasteiger partial charge in [0.2, 0.25) is 0 Å². The highest BCUT2D eigenvalue weighted by Gasteiger charge is 1.98. The Morgan fingerprint density at radius 1 is 1.06 bits per heavy atom. The highest BCUT2D eigenvalue weighted by Crippen LogP contribution is 2.13. The van der Waals surface area contributed by atoms with E-state index in [9.17, 15) is 0 Å². The van der Waals surface area contributed by atoms with Crippen molar-refractivity contribution < 1.29 is 0 Å². The molecule has 0 aliphatic heterocycles. The van der Waals surface area contributed by atoms with E-state index in [1.54, 1.807) is 0 Å². The zero-order chi connectivity index (χ0) is 12.8. The molecule has 0 spiro atoms. The SMILES string of the molecule is CN(C)Cc1cccc(NCc2ccncc2)c1. The average Bonchev–Trinajstić information content (AvgIpc) is 2.37. The van der Waals surface area contributed by atoms with Gasteiger partial charge in [0.1, 0.15) is 0 Å². The van der Waals surface area contributed by atoms with E-state index in [1.807, 2.05) is 24.5 Å². The maximum absolute atomic E-state index is 4.01. The molecular formula is C15H19N3. The van der Waals surface area contributed by atoms with Gasteiger partial charge in [0.15, 0.2) is 0 Å². The summed E-state index contributed by atoms with van der Waals surface area (Å²) < 4.78 is 0. The summed E-state index contributed by atoms with van der Waals surface area (Å²) in [6.45, 7) is 1.79. The fourth-order valence-corrected chi connectivity index (χ4v) is 1.85. The van der Waals surface area contributed by atoms with E-state index in [1.165, 1.54) is 11.1 Å². The lowest BCUT2D eigenvalue weighted by molar-refractivity contribution is 0.402. The van der Waals surface area contributed by atoms with Crippen LogP contribution in [0, 0.1) is 0 Å². The number of nitrogens with zero attached hydrogens (tertiary/aromatic N) is 2. The van der Waals surface area contributed by atoms with Gasteiger partial charge in [-0.1, -0.05) is 12.1 Å². The molecule has 0 saturated heterocycles. The summed E-state index contributed by atoms with van der Waals surface area (Å²) in [5, 5.41) is 3.43. The molecule has 1 N–H and O–H groups in total. The van der Waals surface area contributed by atoms with Gasteiger partial charge >= 0.3 is 0 Å². The third kappa shape index (κ3) is 3.86. The fourth-order valence-electron chi connectivity index (χ4n) is 1.85. The lowest BCUT2D eigenvalue weighted by Crippen LogP contribution is -2.10. The van der Waals surface area contributed by atoms with Crippen LogP contribution in [0.2, 0.25) is 0 Å². The Morgan fingerprint density at radius 2 is 1.83 bits per heavy atom. The fraction of sp³-hybridized carbons (Fsp3) is 0.267. The first-order chi connectivity index (χ1) is 8.74. The van der Waals surface area contributed by atoms with E-state index in [-0.39, 0.29) is 0 Å². The van der Waals surface area contributed by atoms with E-state index >= 15 is 0 Å². The van der Waals surface area contributed by atoms with E-state index in [4.69, 9.17) is 0 Å². The Morgan fingerprint density at radius 3 is 2.56 bits per heavy atom. The lowest BCUT2D eigenvalue weighted by atomic mass is 10.2. The Bertz CT molecular complexity index is 480. The van der Waals surface area contributed by atoms with Gasteiger partial charge in [0.05, 0.1) is 0 Å². The van der Waals surface area contributed by atoms with Crippen molar-refractivity contribution in [3.8, 4) is 0 Å². The Kier molecular flexibility index (Phi) is 4.31. The predicted molar refractivity (Wildman–Crippen MR) is 75.4 cm³/mol. The zero-order valence-electron chi connectivity index (χ0n) is 10.9. The summed E-state index contributed by atoms with van der Waals surface area (Å²) in [6, 6.07) is 12.6. The molecule has 1 aromatic carbocycles. The second-order valence-corrected chi connectivity index (χ2v) is 4.65. The third-order valence-electron chi connectivity index (χ3n) is 2.67. The quantitative estimate of drug-likeness (QED) is 0.872. The molecule has 2 rings (SSSR count). The molecule has 3 heteroatoms. The number of nitrogens with one attached hydrogen (secondary N) is 1. The second kappa shape index (κ2) is 6.17. The molecule has 0 aliphatic rings. The molecule has 0 amide bonds. The van der Waals surface area contributed by atoms with Crippen LogP contribution in [0.25, 0.3) is 0 Å².